The summed E-state index contributed by atoms with van der Waals surface area (Å²) in [6.45, 7) is 2.08. The third kappa shape index (κ3) is 3.35. The molecule has 1 atom stereocenters. The zero-order valence-electron chi connectivity index (χ0n) is 12.1. The maximum atomic E-state index is 6.47. The first kappa shape index (κ1) is 16.6. The smallest absolute Gasteiger partial charge is 0.161 e. The van der Waals surface area contributed by atoms with Crippen LogP contribution in [0.25, 0.3) is 0 Å². The summed E-state index contributed by atoms with van der Waals surface area (Å²) in [6.07, 6.45) is 0. The van der Waals surface area contributed by atoms with Gasteiger partial charge >= 0.3 is 0 Å². The summed E-state index contributed by atoms with van der Waals surface area (Å²) in [5.41, 5.74) is 9.76. The zero-order valence-corrected chi connectivity index (χ0v) is 15.9. The quantitative estimate of drug-likeness (QED) is 0.685. The van der Waals surface area contributed by atoms with Crippen LogP contribution in [0, 0.1) is 10.5 Å². The van der Waals surface area contributed by atoms with Crippen molar-refractivity contribution in [1.82, 2.24) is 0 Å². The van der Waals surface area contributed by atoms with Crippen LogP contribution in [0.15, 0.2) is 34.8 Å². The van der Waals surface area contributed by atoms with Crippen molar-refractivity contribution < 1.29 is 9.47 Å². The number of ether oxygens (including phenoxy) is 2. The Bertz CT molecular complexity index is 661. The van der Waals surface area contributed by atoms with E-state index in [2.05, 4.69) is 57.6 Å². The van der Waals surface area contributed by atoms with Crippen LogP contribution in [0.5, 0.6) is 11.5 Å². The fourth-order valence-corrected chi connectivity index (χ4v) is 3.45. The van der Waals surface area contributed by atoms with Crippen molar-refractivity contribution >= 4 is 38.5 Å². The zero-order chi connectivity index (χ0) is 15.6. The highest BCUT2D eigenvalue weighted by Crippen LogP contribution is 2.38. The fraction of sp³-hybridized carbons (Fsp3) is 0.250. The van der Waals surface area contributed by atoms with Gasteiger partial charge in [0.1, 0.15) is 0 Å². The van der Waals surface area contributed by atoms with Gasteiger partial charge in [-0.25, -0.2) is 0 Å². The summed E-state index contributed by atoms with van der Waals surface area (Å²) in [6, 6.07) is 9.75. The number of benzene rings is 2. The van der Waals surface area contributed by atoms with Gasteiger partial charge in [0.25, 0.3) is 0 Å². The SMILES string of the molecule is COc1cc(Br)c(C(N)c2cccc(C)c2I)cc1OC. The van der Waals surface area contributed by atoms with Crippen molar-refractivity contribution in [2.75, 3.05) is 14.2 Å². The lowest BCUT2D eigenvalue weighted by atomic mass is 9.98. The van der Waals surface area contributed by atoms with Crippen LogP contribution in [0.4, 0.5) is 0 Å². The molecule has 0 saturated carbocycles. The Kier molecular flexibility index (Phi) is 5.51. The lowest BCUT2D eigenvalue weighted by molar-refractivity contribution is 0.354. The molecule has 2 N–H and O–H groups in total. The molecule has 5 heteroatoms. The highest BCUT2D eigenvalue weighted by Gasteiger charge is 2.19. The van der Waals surface area contributed by atoms with Crippen LogP contribution < -0.4 is 15.2 Å². The molecule has 112 valence electrons. The molecule has 2 aromatic carbocycles. The molecule has 0 fully saturated rings. The number of aryl methyl sites for hydroxylation is 1. The van der Waals surface area contributed by atoms with Crippen LogP contribution in [0.3, 0.4) is 0 Å². The average molecular weight is 462 g/mol. The van der Waals surface area contributed by atoms with E-state index in [0.29, 0.717) is 11.5 Å². The van der Waals surface area contributed by atoms with Crippen LogP contribution in [0.2, 0.25) is 0 Å². The molecule has 0 aliphatic carbocycles. The Morgan fingerprint density at radius 2 is 1.71 bits per heavy atom. The minimum atomic E-state index is -0.231. The van der Waals surface area contributed by atoms with Gasteiger partial charge in [-0.15, -0.1) is 0 Å². The van der Waals surface area contributed by atoms with Gasteiger partial charge in [-0.1, -0.05) is 34.1 Å². The van der Waals surface area contributed by atoms with Gasteiger partial charge in [-0.3, -0.25) is 0 Å². The predicted molar refractivity (Wildman–Crippen MR) is 97.2 cm³/mol. The molecule has 0 aliphatic heterocycles. The largest absolute Gasteiger partial charge is 0.493 e. The van der Waals surface area contributed by atoms with E-state index in [1.165, 1.54) is 9.13 Å². The normalized spacial score (nSPS) is 12.1. The Labute approximate surface area is 147 Å². The molecule has 0 radical (unpaired) electrons. The number of methoxy groups -OCH3 is 2. The second kappa shape index (κ2) is 6.98. The predicted octanol–water partition coefficient (Wildman–Crippen LogP) is 4.43. The molecule has 0 amide bonds. The van der Waals surface area contributed by atoms with E-state index in [-0.39, 0.29) is 6.04 Å². The number of nitrogens with two attached hydrogens (primary N) is 1. The highest BCUT2D eigenvalue weighted by atomic mass is 127. The Hall–Kier alpha value is -0.790. The van der Waals surface area contributed by atoms with Crippen molar-refractivity contribution in [3.63, 3.8) is 0 Å². The first-order chi connectivity index (χ1) is 9.99. The first-order valence-corrected chi connectivity index (χ1v) is 8.28. The Morgan fingerprint density at radius 1 is 1.10 bits per heavy atom. The minimum Gasteiger partial charge on any atom is -0.493 e. The van der Waals surface area contributed by atoms with Gasteiger partial charge < -0.3 is 15.2 Å². The molecule has 0 saturated heterocycles. The Morgan fingerprint density at radius 3 is 2.33 bits per heavy atom. The molecule has 0 bridgehead atoms. The van der Waals surface area contributed by atoms with E-state index in [1.807, 2.05) is 18.2 Å². The first-order valence-electron chi connectivity index (χ1n) is 6.41. The molecule has 0 heterocycles. The summed E-state index contributed by atoms with van der Waals surface area (Å²) in [5, 5.41) is 0. The summed E-state index contributed by atoms with van der Waals surface area (Å²) in [5.74, 6) is 1.35. The molecule has 2 rings (SSSR count). The standard InChI is InChI=1S/C16H17BrINO2/c1-9-5-4-6-10(15(9)18)16(19)11-7-13(20-2)14(21-3)8-12(11)17/h4-8,16H,19H2,1-3H3. The summed E-state index contributed by atoms with van der Waals surface area (Å²) in [7, 11) is 3.24. The van der Waals surface area contributed by atoms with Crippen LogP contribution >= 0.6 is 38.5 Å². The van der Waals surface area contributed by atoms with Gasteiger partial charge in [0.15, 0.2) is 11.5 Å². The second-order valence-electron chi connectivity index (χ2n) is 4.68. The van der Waals surface area contributed by atoms with E-state index >= 15 is 0 Å². The molecular formula is C16H17BrINO2. The molecule has 2 aromatic rings. The molecule has 3 nitrogen and oxygen atoms in total. The lowest BCUT2D eigenvalue weighted by Gasteiger charge is -2.19. The monoisotopic (exact) mass is 461 g/mol. The van der Waals surface area contributed by atoms with Gasteiger partial charge in [-0.2, -0.15) is 0 Å². The number of hydrogen-bond acceptors (Lipinski definition) is 3. The third-order valence-corrected chi connectivity index (χ3v) is 5.56. The van der Waals surface area contributed by atoms with Crippen LogP contribution in [-0.2, 0) is 0 Å². The van der Waals surface area contributed by atoms with Crippen LogP contribution in [0.1, 0.15) is 22.7 Å². The minimum absolute atomic E-state index is 0.231. The topological polar surface area (TPSA) is 44.5 Å². The number of halogens is 2. The van der Waals surface area contributed by atoms with Gasteiger partial charge in [-0.05, 0) is 58.3 Å². The maximum absolute atomic E-state index is 6.47. The third-order valence-electron chi connectivity index (χ3n) is 3.39. The lowest BCUT2D eigenvalue weighted by Crippen LogP contribution is -2.15. The molecule has 21 heavy (non-hydrogen) atoms. The van der Waals surface area contributed by atoms with E-state index in [9.17, 15) is 0 Å². The van der Waals surface area contributed by atoms with Crippen molar-refractivity contribution in [2.24, 2.45) is 5.73 Å². The van der Waals surface area contributed by atoms with E-state index < -0.39 is 0 Å². The highest BCUT2D eigenvalue weighted by molar-refractivity contribution is 14.1. The summed E-state index contributed by atoms with van der Waals surface area (Å²) < 4.78 is 12.8. The molecular weight excluding hydrogens is 445 g/mol. The van der Waals surface area contributed by atoms with Gasteiger partial charge in [0, 0.05) is 8.04 Å². The number of rotatable bonds is 4. The summed E-state index contributed by atoms with van der Waals surface area (Å²) in [4.78, 5) is 0. The Balaban J connectivity index is 2.53. The van der Waals surface area contributed by atoms with E-state index in [0.717, 1.165) is 15.6 Å². The molecule has 0 aromatic heterocycles. The second-order valence-corrected chi connectivity index (χ2v) is 6.62. The van der Waals surface area contributed by atoms with Crippen molar-refractivity contribution in [3.8, 4) is 11.5 Å². The fourth-order valence-electron chi connectivity index (χ4n) is 2.19. The van der Waals surface area contributed by atoms with Crippen molar-refractivity contribution in [2.45, 2.75) is 13.0 Å². The van der Waals surface area contributed by atoms with Gasteiger partial charge in [0.05, 0.1) is 20.3 Å². The average Bonchev–Trinajstić information content (AvgIpc) is 2.49. The molecule has 1 unspecified atom stereocenters. The maximum Gasteiger partial charge on any atom is 0.161 e. The van der Waals surface area contributed by atoms with Crippen molar-refractivity contribution in [3.05, 3.63) is 55.1 Å². The molecule has 0 aliphatic rings. The van der Waals surface area contributed by atoms with Gasteiger partial charge in [0.2, 0.25) is 0 Å². The van der Waals surface area contributed by atoms with Crippen molar-refractivity contribution in [1.29, 1.82) is 0 Å². The molecule has 0 spiro atoms. The van der Waals surface area contributed by atoms with E-state index in [1.54, 1.807) is 14.2 Å². The van der Waals surface area contributed by atoms with E-state index in [4.69, 9.17) is 15.2 Å². The summed E-state index contributed by atoms with van der Waals surface area (Å²) >= 11 is 5.91. The van der Waals surface area contributed by atoms with Crippen LogP contribution in [-0.4, -0.2) is 14.2 Å². The number of hydrogen-bond donors (Lipinski definition) is 1.